The van der Waals surface area contributed by atoms with Crippen LogP contribution in [0.25, 0.3) is 0 Å². The van der Waals surface area contributed by atoms with Gasteiger partial charge in [-0.3, -0.25) is 4.90 Å². The van der Waals surface area contributed by atoms with Crippen molar-refractivity contribution < 1.29 is 0 Å². The lowest BCUT2D eigenvalue weighted by atomic mass is 10.0. The lowest BCUT2D eigenvalue weighted by Crippen LogP contribution is -2.37. The monoisotopic (exact) mass is 266 g/mol. The van der Waals surface area contributed by atoms with Gasteiger partial charge in [0.05, 0.1) is 0 Å². The third kappa shape index (κ3) is 3.05. The van der Waals surface area contributed by atoms with Crippen LogP contribution in [0, 0.1) is 12.8 Å². The highest BCUT2D eigenvalue weighted by Gasteiger charge is 2.29. The molecular formula is C15H23ClN2. The average Bonchev–Trinajstić information content (AvgIpc) is 2.81. The third-order valence-electron chi connectivity index (χ3n) is 4.12. The highest BCUT2D eigenvalue weighted by Crippen LogP contribution is 2.30. The van der Waals surface area contributed by atoms with E-state index >= 15 is 0 Å². The molecule has 0 amide bonds. The number of aryl methyl sites for hydroxylation is 1. The predicted octanol–water partition coefficient (Wildman–Crippen LogP) is 3.21. The topological polar surface area (TPSA) is 29.3 Å². The summed E-state index contributed by atoms with van der Waals surface area (Å²) in [6.45, 7) is 3.79. The molecule has 18 heavy (non-hydrogen) atoms. The molecule has 2 rings (SSSR count). The van der Waals surface area contributed by atoms with Crippen molar-refractivity contribution in [2.45, 2.75) is 38.8 Å². The number of hydrogen-bond acceptors (Lipinski definition) is 2. The second-order valence-corrected chi connectivity index (χ2v) is 5.91. The van der Waals surface area contributed by atoms with Crippen LogP contribution in [0.15, 0.2) is 18.2 Å². The van der Waals surface area contributed by atoms with Gasteiger partial charge in [-0.15, -0.1) is 0 Å². The molecule has 1 aliphatic carbocycles. The molecule has 0 bridgehead atoms. The number of benzene rings is 1. The van der Waals surface area contributed by atoms with Crippen molar-refractivity contribution in [1.82, 2.24) is 4.90 Å². The van der Waals surface area contributed by atoms with Crippen molar-refractivity contribution >= 4 is 11.6 Å². The Morgan fingerprint density at radius 3 is 2.83 bits per heavy atom. The minimum Gasteiger partial charge on any atom is -0.330 e. The number of hydrogen-bond donors (Lipinski definition) is 1. The van der Waals surface area contributed by atoms with Crippen LogP contribution in [-0.2, 0) is 6.54 Å². The number of nitrogens with two attached hydrogens (primary N) is 1. The van der Waals surface area contributed by atoms with Gasteiger partial charge in [-0.25, -0.2) is 0 Å². The van der Waals surface area contributed by atoms with E-state index in [1.54, 1.807) is 0 Å². The first-order valence-corrected chi connectivity index (χ1v) is 7.15. The molecule has 2 nitrogen and oxygen atoms in total. The lowest BCUT2D eigenvalue weighted by molar-refractivity contribution is 0.193. The summed E-state index contributed by atoms with van der Waals surface area (Å²) >= 11 is 6.30. The van der Waals surface area contributed by atoms with Gasteiger partial charge in [0, 0.05) is 17.6 Å². The minimum atomic E-state index is 0.618. The zero-order chi connectivity index (χ0) is 13.1. The molecule has 1 aromatic rings. The Hall–Kier alpha value is -0.570. The molecule has 100 valence electrons. The molecule has 0 spiro atoms. The number of nitrogens with zero attached hydrogens (tertiary/aromatic N) is 1. The van der Waals surface area contributed by atoms with Crippen LogP contribution in [0.5, 0.6) is 0 Å². The van der Waals surface area contributed by atoms with Crippen molar-refractivity contribution in [2.24, 2.45) is 11.7 Å². The Morgan fingerprint density at radius 2 is 2.17 bits per heavy atom. The van der Waals surface area contributed by atoms with Crippen LogP contribution in [0.4, 0.5) is 0 Å². The molecular weight excluding hydrogens is 244 g/mol. The molecule has 0 heterocycles. The van der Waals surface area contributed by atoms with Crippen molar-refractivity contribution in [1.29, 1.82) is 0 Å². The number of halogens is 1. The zero-order valence-corrected chi connectivity index (χ0v) is 12.1. The molecule has 2 unspecified atom stereocenters. The summed E-state index contributed by atoms with van der Waals surface area (Å²) in [6.07, 6.45) is 3.84. The summed E-state index contributed by atoms with van der Waals surface area (Å²) in [5, 5.41) is 0.879. The number of rotatable bonds is 4. The van der Waals surface area contributed by atoms with Crippen LogP contribution in [0.1, 0.15) is 30.4 Å². The van der Waals surface area contributed by atoms with Crippen LogP contribution >= 0.6 is 11.6 Å². The van der Waals surface area contributed by atoms with E-state index in [0.717, 1.165) is 18.1 Å². The van der Waals surface area contributed by atoms with Gasteiger partial charge in [-0.1, -0.05) is 30.2 Å². The second-order valence-electron chi connectivity index (χ2n) is 5.50. The van der Waals surface area contributed by atoms with Gasteiger partial charge in [0.1, 0.15) is 0 Å². The summed E-state index contributed by atoms with van der Waals surface area (Å²) in [4.78, 5) is 2.42. The highest BCUT2D eigenvalue weighted by molar-refractivity contribution is 6.31. The molecule has 1 saturated carbocycles. The first kappa shape index (κ1) is 13.9. The molecule has 0 aromatic heterocycles. The summed E-state index contributed by atoms with van der Waals surface area (Å²) in [5.41, 5.74) is 8.28. The van der Waals surface area contributed by atoms with Crippen molar-refractivity contribution in [3.05, 3.63) is 34.3 Å². The first-order chi connectivity index (χ1) is 8.61. The minimum absolute atomic E-state index is 0.618. The smallest absolute Gasteiger partial charge is 0.0453 e. The standard InChI is InChI=1S/C15H23ClN2/c1-11-6-7-13(14(16)8-11)10-18(2)15-5-3-4-12(15)9-17/h6-8,12,15H,3-5,9-10,17H2,1-2H3. The largest absolute Gasteiger partial charge is 0.330 e. The van der Waals surface area contributed by atoms with Gasteiger partial charge >= 0.3 is 0 Å². The van der Waals surface area contributed by atoms with Gasteiger partial charge in [0.15, 0.2) is 0 Å². The normalized spacial score (nSPS) is 23.8. The maximum absolute atomic E-state index is 6.30. The summed E-state index contributed by atoms with van der Waals surface area (Å²) in [5.74, 6) is 0.652. The molecule has 1 aliphatic rings. The van der Waals surface area contributed by atoms with Gasteiger partial charge in [-0.2, -0.15) is 0 Å². The van der Waals surface area contributed by atoms with E-state index in [1.165, 1.54) is 30.4 Å². The quantitative estimate of drug-likeness (QED) is 0.907. The van der Waals surface area contributed by atoms with E-state index in [1.807, 2.05) is 6.07 Å². The van der Waals surface area contributed by atoms with Crippen LogP contribution in [0.3, 0.4) is 0 Å². The fraction of sp³-hybridized carbons (Fsp3) is 0.600. The van der Waals surface area contributed by atoms with E-state index < -0.39 is 0 Å². The predicted molar refractivity (Wildman–Crippen MR) is 77.8 cm³/mol. The lowest BCUT2D eigenvalue weighted by Gasteiger charge is -2.29. The molecule has 2 atom stereocenters. The fourth-order valence-electron chi connectivity index (χ4n) is 3.04. The molecule has 1 aromatic carbocycles. The van der Waals surface area contributed by atoms with Crippen LogP contribution < -0.4 is 5.73 Å². The molecule has 1 fully saturated rings. The maximum Gasteiger partial charge on any atom is 0.0453 e. The van der Waals surface area contributed by atoms with E-state index in [4.69, 9.17) is 17.3 Å². The van der Waals surface area contributed by atoms with Gasteiger partial charge < -0.3 is 5.73 Å². The highest BCUT2D eigenvalue weighted by atomic mass is 35.5. The Morgan fingerprint density at radius 1 is 1.39 bits per heavy atom. The van der Waals surface area contributed by atoms with Crippen molar-refractivity contribution in [3.8, 4) is 0 Å². The Kier molecular flexibility index (Phi) is 4.66. The van der Waals surface area contributed by atoms with E-state index in [9.17, 15) is 0 Å². The SMILES string of the molecule is Cc1ccc(CN(C)C2CCCC2CN)c(Cl)c1. The maximum atomic E-state index is 6.30. The molecule has 0 radical (unpaired) electrons. The van der Waals surface area contributed by atoms with Crippen molar-refractivity contribution in [3.63, 3.8) is 0 Å². The van der Waals surface area contributed by atoms with E-state index in [-0.39, 0.29) is 0 Å². The summed E-state index contributed by atoms with van der Waals surface area (Å²) in [7, 11) is 2.19. The van der Waals surface area contributed by atoms with Crippen LogP contribution in [0.2, 0.25) is 5.02 Å². The first-order valence-electron chi connectivity index (χ1n) is 6.77. The summed E-state index contributed by atoms with van der Waals surface area (Å²) < 4.78 is 0. The Labute approximate surface area is 115 Å². The van der Waals surface area contributed by atoms with Crippen molar-refractivity contribution in [2.75, 3.05) is 13.6 Å². The Bertz CT molecular complexity index is 405. The molecule has 0 aliphatic heterocycles. The van der Waals surface area contributed by atoms with Gasteiger partial charge in [-0.05, 0) is 56.5 Å². The molecule has 0 saturated heterocycles. The molecule has 3 heteroatoms. The zero-order valence-electron chi connectivity index (χ0n) is 11.3. The van der Waals surface area contributed by atoms with E-state index in [2.05, 4.69) is 31.0 Å². The Balaban J connectivity index is 2.04. The van der Waals surface area contributed by atoms with Gasteiger partial charge in [0.2, 0.25) is 0 Å². The van der Waals surface area contributed by atoms with Crippen LogP contribution in [-0.4, -0.2) is 24.5 Å². The van der Waals surface area contributed by atoms with Gasteiger partial charge in [0.25, 0.3) is 0 Å². The summed E-state index contributed by atoms with van der Waals surface area (Å²) in [6, 6.07) is 6.93. The second kappa shape index (κ2) is 6.05. The van der Waals surface area contributed by atoms with E-state index in [0.29, 0.717) is 12.0 Å². The fourth-order valence-corrected chi connectivity index (χ4v) is 3.33. The molecule has 2 N–H and O–H groups in total. The third-order valence-corrected chi connectivity index (χ3v) is 4.47. The average molecular weight is 267 g/mol.